The van der Waals surface area contributed by atoms with Crippen LogP contribution >= 0.6 is 0 Å². The minimum Gasteiger partial charge on any atom is -0.494 e. The van der Waals surface area contributed by atoms with Crippen molar-refractivity contribution in [2.24, 2.45) is 35.5 Å². The van der Waals surface area contributed by atoms with Crippen LogP contribution in [0.4, 0.5) is 4.39 Å². The molecule has 0 radical (unpaired) electrons. The molecule has 4 unspecified atom stereocenters. The molecule has 4 atom stereocenters. The third kappa shape index (κ3) is 7.01. The molecule has 3 fully saturated rings. The zero-order chi connectivity index (χ0) is 24.6. The summed E-state index contributed by atoms with van der Waals surface area (Å²) >= 11 is 0. The van der Waals surface area contributed by atoms with Gasteiger partial charge in [-0.15, -0.1) is 0 Å². The van der Waals surface area contributed by atoms with Gasteiger partial charge in [0, 0.05) is 6.07 Å². The van der Waals surface area contributed by atoms with Gasteiger partial charge in [-0.1, -0.05) is 71.1 Å². The largest absolute Gasteiger partial charge is 0.494 e. The van der Waals surface area contributed by atoms with Gasteiger partial charge in [-0.25, -0.2) is 4.39 Å². The summed E-state index contributed by atoms with van der Waals surface area (Å²) in [4.78, 5) is 13.1. The van der Waals surface area contributed by atoms with Gasteiger partial charge < -0.3 is 9.47 Å². The molecule has 196 valence electrons. The molecule has 0 aromatic heterocycles. The quantitative estimate of drug-likeness (QED) is 0.188. The number of hydrogen-bond acceptors (Lipinski definition) is 3. The lowest BCUT2D eigenvalue weighted by Crippen LogP contribution is -2.40. The Labute approximate surface area is 212 Å². The van der Waals surface area contributed by atoms with Gasteiger partial charge in [0.15, 0.2) is 11.6 Å². The first-order valence-corrected chi connectivity index (χ1v) is 14.6. The number of methoxy groups -OCH3 is 1. The van der Waals surface area contributed by atoms with E-state index in [0.717, 1.165) is 37.0 Å². The van der Waals surface area contributed by atoms with Gasteiger partial charge in [-0.2, -0.15) is 0 Å². The summed E-state index contributed by atoms with van der Waals surface area (Å²) in [5.41, 5.74) is 0. The minimum absolute atomic E-state index is 0.0386. The maximum Gasteiger partial charge on any atom is 0.314 e. The van der Waals surface area contributed by atoms with Crippen LogP contribution in [0.25, 0.3) is 0 Å². The van der Waals surface area contributed by atoms with Crippen LogP contribution in [0.3, 0.4) is 0 Å². The second-order valence-electron chi connectivity index (χ2n) is 11.7. The van der Waals surface area contributed by atoms with Crippen molar-refractivity contribution in [1.82, 2.24) is 0 Å². The van der Waals surface area contributed by atoms with Crippen molar-refractivity contribution >= 4 is 5.97 Å². The third-order valence-corrected chi connectivity index (χ3v) is 9.61. The van der Waals surface area contributed by atoms with E-state index in [1.807, 2.05) is 0 Å². The van der Waals surface area contributed by atoms with Gasteiger partial charge in [-0.05, 0) is 80.2 Å². The monoisotopic (exact) mass is 486 g/mol. The Bertz CT molecular complexity index is 800. The second-order valence-corrected chi connectivity index (χ2v) is 11.7. The lowest BCUT2D eigenvalue weighted by Gasteiger charge is -2.46. The van der Waals surface area contributed by atoms with Gasteiger partial charge in [0.05, 0.1) is 13.0 Å². The maximum atomic E-state index is 14.0. The molecule has 4 heteroatoms. The highest BCUT2D eigenvalue weighted by molar-refractivity contribution is 5.75. The zero-order valence-electron chi connectivity index (χ0n) is 22.1. The van der Waals surface area contributed by atoms with E-state index in [0.29, 0.717) is 11.8 Å². The average Bonchev–Trinajstić information content (AvgIpc) is 2.88. The lowest BCUT2D eigenvalue weighted by atomic mass is 9.59. The Kier molecular flexibility index (Phi) is 9.92. The minimum atomic E-state index is -0.494. The van der Waals surface area contributed by atoms with Gasteiger partial charge in [0.1, 0.15) is 5.75 Å². The fourth-order valence-electron chi connectivity index (χ4n) is 7.61. The van der Waals surface area contributed by atoms with Crippen LogP contribution in [0.1, 0.15) is 110 Å². The predicted molar refractivity (Wildman–Crippen MR) is 139 cm³/mol. The van der Waals surface area contributed by atoms with E-state index in [2.05, 4.69) is 6.92 Å². The number of carbonyl (C=O) groups excluding carboxylic acids is 1. The summed E-state index contributed by atoms with van der Waals surface area (Å²) in [6.07, 6.45) is 21.2. The Hall–Kier alpha value is -1.58. The normalized spacial score (nSPS) is 30.9. The SMILES string of the molecule is CCCCCCCC1CCC(C2CCC3C(CCCC3C(=O)Oc3ccc(OC)c(F)c3)C2)CC1. The summed E-state index contributed by atoms with van der Waals surface area (Å²) in [6, 6.07) is 4.40. The molecule has 0 spiro atoms. The number of carbonyl (C=O) groups is 1. The van der Waals surface area contributed by atoms with Crippen LogP contribution in [0, 0.1) is 41.3 Å². The summed E-state index contributed by atoms with van der Waals surface area (Å²) in [7, 11) is 1.43. The van der Waals surface area contributed by atoms with E-state index in [1.165, 1.54) is 103 Å². The number of fused-ring (bicyclic) bond motifs is 1. The van der Waals surface area contributed by atoms with E-state index in [1.54, 1.807) is 6.07 Å². The van der Waals surface area contributed by atoms with Crippen molar-refractivity contribution in [3.05, 3.63) is 24.0 Å². The second kappa shape index (κ2) is 13.1. The van der Waals surface area contributed by atoms with E-state index in [9.17, 15) is 9.18 Å². The number of rotatable bonds is 10. The summed E-state index contributed by atoms with van der Waals surface area (Å²) in [5, 5.41) is 0. The Morgan fingerprint density at radius 1 is 0.914 bits per heavy atom. The molecule has 0 N–H and O–H groups in total. The lowest BCUT2D eigenvalue weighted by molar-refractivity contribution is -0.144. The fraction of sp³-hybridized carbons (Fsp3) is 0.774. The average molecular weight is 487 g/mol. The molecule has 3 aliphatic rings. The van der Waals surface area contributed by atoms with Crippen molar-refractivity contribution < 1.29 is 18.7 Å². The number of ether oxygens (including phenoxy) is 2. The van der Waals surface area contributed by atoms with Crippen molar-refractivity contribution in [2.75, 3.05) is 7.11 Å². The standard InChI is InChI=1S/C31H47FO3/c1-3-4-5-6-7-9-22-12-14-23(15-13-22)24-16-18-27-25(20-24)10-8-11-28(27)31(33)35-26-17-19-30(34-2)29(32)21-26/h17,19,21-25,27-28H,3-16,18,20H2,1-2H3. The molecule has 3 saturated carbocycles. The van der Waals surface area contributed by atoms with E-state index in [4.69, 9.17) is 9.47 Å². The number of hydrogen-bond donors (Lipinski definition) is 0. The maximum absolute atomic E-state index is 14.0. The van der Waals surface area contributed by atoms with Gasteiger partial charge in [-0.3, -0.25) is 4.79 Å². The van der Waals surface area contributed by atoms with Crippen LogP contribution in [-0.4, -0.2) is 13.1 Å². The van der Waals surface area contributed by atoms with Crippen LogP contribution in [0.2, 0.25) is 0 Å². The first-order chi connectivity index (χ1) is 17.1. The summed E-state index contributed by atoms with van der Waals surface area (Å²) in [6.45, 7) is 2.29. The first-order valence-electron chi connectivity index (χ1n) is 14.6. The van der Waals surface area contributed by atoms with Gasteiger partial charge in [0.2, 0.25) is 0 Å². The van der Waals surface area contributed by atoms with Crippen LogP contribution in [-0.2, 0) is 4.79 Å². The molecule has 3 nitrogen and oxygen atoms in total. The summed E-state index contributed by atoms with van der Waals surface area (Å²) < 4.78 is 24.7. The smallest absolute Gasteiger partial charge is 0.314 e. The Morgan fingerprint density at radius 2 is 1.69 bits per heavy atom. The molecule has 3 aliphatic carbocycles. The molecule has 0 aliphatic heterocycles. The molecular formula is C31H47FO3. The molecule has 0 heterocycles. The Morgan fingerprint density at radius 3 is 2.43 bits per heavy atom. The Balaban J connectivity index is 1.24. The highest BCUT2D eigenvalue weighted by atomic mass is 19.1. The molecule has 0 saturated heterocycles. The predicted octanol–water partition coefficient (Wildman–Crippen LogP) is 8.74. The van der Waals surface area contributed by atoms with Crippen molar-refractivity contribution in [3.8, 4) is 11.5 Å². The summed E-state index contributed by atoms with van der Waals surface area (Å²) in [5.74, 6) is 3.58. The van der Waals surface area contributed by atoms with Crippen molar-refractivity contribution in [3.63, 3.8) is 0 Å². The van der Waals surface area contributed by atoms with Gasteiger partial charge in [0.25, 0.3) is 0 Å². The van der Waals surface area contributed by atoms with Crippen LogP contribution in [0.5, 0.6) is 11.5 Å². The molecular weight excluding hydrogens is 439 g/mol. The highest BCUT2D eigenvalue weighted by Gasteiger charge is 2.43. The first kappa shape index (κ1) is 26.5. The number of benzene rings is 1. The number of halogens is 1. The molecule has 0 bridgehead atoms. The molecule has 35 heavy (non-hydrogen) atoms. The molecule has 1 aromatic carbocycles. The third-order valence-electron chi connectivity index (χ3n) is 9.61. The number of esters is 1. The highest BCUT2D eigenvalue weighted by Crippen LogP contribution is 2.50. The van der Waals surface area contributed by atoms with E-state index < -0.39 is 5.82 Å². The molecule has 4 rings (SSSR count). The topological polar surface area (TPSA) is 35.5 Å². The van der Waals surface area contributed by atoms with Crippen molar-refractivity contribution in [1.29, 1.82) is 0 Å². The molecule has 1 aromatic rings. The van der Waals surface area contributed by atoms with Crippen LogP contribution < -0.4 is 9.47 Å². The number of unbranched alkanes of at least 4 members (excludes halogenated alkanes) is 4. The zero-order valence-corrected chi connectivity index (χ0v) is 22.1. The van der Waals surface area contributed by atoms with E-state index >= 15 is 0 Å². The van der Waals surface area contributed by atoms with Gasteiger partial charge >= 0.3 is 5.97 Å². The fourth-order valence-corrected chi connectivity index (χ4v) is 7.61. The van der Waals surface area contributed by atoms with Crippen molar-refractivity contribution in [2.45, 2.75) is 110 Å². The van der Waals surface area contributed by atoms with Crippen LogP contribution in [0.15, 0.2) is 18.2 Å². The molecule has 0 amide bonds. The van der Waals surface area contributed by atoms with E-state index in [-0.39, 0.29) is 23.4 Å².